The van der Waals surface area contributed by atoms with Crippen LogP contribution in [-0.4, -0.2) is 35.0 Å². The minimum atomic E-state index is -0.374. The first-order valence-corrected chi connectivity index (χ1v) is 9.69. The third-order valence-electron chi connectivity index (χ3n) is 4.83. The first-order chi connectivity index (χ1) is 14.1. The van der Waals surface area contributed by atoms with E-state index in [0.29, 0.717) is 36.0 Å². The number of carbonyl (C=O) groups excluding carboxylic acids is 2. The molecule has 0 bridgehead atoms. The number of carbonyl (C=O) groups is 2. The third kappa shape index (κ3) is 4.51. The highest BCUT2D eigenvalue weighted by atomic mass is 35.5. The fraction of sp³-hybridized carbons (Fsp3) is 0.286. The van der Waals surface area contributed by atoms with Crippen LogP contribution in [0.3, 0.4) is 0 Å². The largest absolute Gasteiger partial charge is 0.459 e. The molecule has 0 N–H and O–H groups in total. The summed E-state index contributed by atoms with van der Waals surface area (Å²) in [4.78, 5) is 26.5. The molecule has 1 atom stereocenters. The van der Waals surface area contributed by atoms with Crippen LogP contribution in [0.5, 0.6) is 0 Å². The molecule has 3 aromatic rings. The van der Waals surface area contributed by atoms with Crippen molar-refractivity contribution in [1.29, 1.82) is 0 Å². The van der Waals surface area contributed by atoms with Crippen LogP contribution in [0.2, 0.25) is 5.02 Å². The third-order valence-corrected chi connectivity index (χ3v) is 5.08. The summed E-state index contributed by atoms with van der Waals surface area (Å²) in [6, 6.07) is 12.2. The zero-order valence-electron chi connectivity index (χ0n) is 15.5. The van der Waals surface area contributed by atoms with Gasteiger partial charge in [-0.1, -0.05) is 28.9 Å². The second-order valence-electron chi connectivity index (χ2n) is 6.86. The van der Waals surface area contributed by atoms with Gasteiger partial charge < -0.3 is 18.6 Å². The number of hydrogen-bond acceptors (Lipinski definition) is 6. The molecule has 1 saturated heterocycles. The van der Waals surface area contributed by atoms with Crippen LogP contribution in [0.1, 0.15) is 29.2 Å². The Morgan fingerprint density at radius 3 is 2.83 bits per heavy atom. The average molecular weight is 415 g/mol. The Kier molecular flexibility index (Phi) is 5.67. The molecule has 29 heavy (non-hydrogen) atoms. The van der Waals surface area contributed by atoms with Crippen LogP contribution in [0, 0.1) is 5.92 Å². The molecule has 0 saturated carbocycles. The maximum atomic E-state index is 12.5. The van der Waals surface area contributed by atoms with Gasteiger partial charge in [-0.15, -0.1) is 0 Å². The van der Waals surface area contributed by atoms with Gasteiger partial charge in [0.05, 0.1) is 12.2 Å². The molecule has 150 valence electrons. The number of esters is 1. The quantitative estimate of drug-likeness (QED) is 0.582. The van der Waals surface area contributed by atoms with Crippen LogP contribution in [0.25, 0.3) is 11.3 Å². The zero-order chi connectivity index (χ0) is 20.2. The van der Waals surface area contributed by atoms with Gasteiger partial charge in [-0.25, -0.2) is 0 Å². The molecular formula is C21H19ClN2O5. The number of aromatic nitrogens is 1. The number of benzene rings is 1. The van der Waals surface area contributed by atoms with Crippen molar-refractivity contribution < 1.29 is 23.3 Å². The lowest BCUT2D eigenvalue weighted by Gasteiger charge is -2.30. The number of piperidine rings is 1. The number of ether oxygens (including phenoxy) is 1. The van der Waals surface area contributed by atoms with Crippen molar-refractivity contribution in [2.45, 2.75) is 19.4 Å². The molecule has 1 aromatic carbocycles. The number of hydrogen-bond donors (Lipinski definition) is 0. The van der Waals surface area contributed by atoms with E-state index >= 15 is 0 Å². The Labute approximate surface area is 172 Å². The molecule has 0 spiro atoms. The number of likely N-dealkylation sites (tertiary alicyclic amines) is 1. The van der Waals surface area contributed by atoms with Crippen molar-refractivity contribution in [2.75, 3.05) is 13.1 Å². The molecular weight excluding hydrogens is 396 g/mol. The van der Waals surface area contributed by atoms with Crippen LogP contribution in [0.15, 0.2) is 57.7 Å². The van der Waals surface area contributed by atoms with Crippen molar-refractivity contribution in [1.82, 2.24) is 10.1 Å². The Morgan fingerprint density at radius 1 is 1.24 bits per heavy atom. The normalized spacial score (nSPS) is 16.6. The Morgan fingerprint density at radius 2 is 2.07 bits per heavy atom. The van der Waals surface area contributed by atoms with E-state index in [0.717, 1.165) is 12.0 Å². The molecule has 3 heterocycles. The summed E-state index contributed by atoms with van der Waals surface area (Å²) in [7, 11) is 0. The predicted molar refractivity (Wildman–Crippen MR) is 104 cm³/mol. The highest BCUT2D eigenvalue weighted by Crippen LogP contribution is 2.23. The molecule has 0 radical (unpaired) electrons. The minimum absolute atomic E-state index is 0.0119. The van der Waals surface area contributed by atoms with Gasteiger partial charge in [-0.3, -0.25) is 9.59 Å². The molecule has 8 heteroatoms. The van der Waals surface area contributed by atoms with Gasteiger partial charge in [-0.05, 0) is 37.1 Å². The van der Waals surface area contributed by atoms with Crippen LogP contribution in [0.4, 0.5) is 0 Å². The predicted octanol–water partition coefficient (Wildman–Crippen LogP) is 4.18. The monoisotopic (exact) mass is 414 g/mol. The molecule has 0 aliphatic carbocycles. The first-order valence-electron chi connectivity index (χ1n) is 9.31. The van der Waals surface area contributed by atoms with E-state index in [1.165, 1.54) is 6.26 Å². The molecule has 1 unspecified atom stereocenters. The SMILES string of the molecule is O=C(OCc1cc(-c2ccc(Cl)cc2)no1)C1CCCN(C(=O)c2ccco2)C1. The second kappa shape index (κ2) is 8.53. The number of furan rings is 1. The van der Waals surface area contributed by atoms with Crippen molar-refractivity contribution in [3.05, 3.63) is 65.3 Å². The number of rotatable bonds is 5. The van der Waals surface area contributed by atoms with Gasteiger partial charge in [-0.2, -0.15) is 0 Å². The average Bonchev–Trinajstić information content (AvgIpc) is 3.44. The zero-order valence-corrected chi connectivity index (χ0v) is 16.3. The van der Waals surface area contributed by atoms with Crippen molar-refractivity contribution >= 4 is 23.5 Å². The summed E-state index contributed by atoms with van der Waals surface area (Å²) in [5, 5.41) is 4.64. The topological polar surface area (TPSA) is 85.8 Å². The van der Waals surface area contributed by atoms with E-state index in [9.17, 15) is 9.59 Å². The van der Waals surface area contributed by atoms with E-state index < -0.39 is 0 Å². The van der Waals surface area contributed by atoms with Gasteiger partial charge >= 0.3 is 5.97 Å². The number of nitrogens with zero attached hydrogens (tertiary/aromatic N) is 2. The van der Waals surface area contributed by atoms with E-state index in [1.807, 2.05) is 12.1 Å². The van der Waals surface area contributed by atoms with Gasteiger partial charge in [0.2, 0.25) is 0 Å². The van der Waals surface area contributed by atoms with Crippen molar-refractivity contribution in [3.63, 3.8) is 0 Å². The Bertz CT molecular complexity index is 981. The van der Waals surface area contributed by atoms with Crippen molar-refractivity contribution in [3.8, 4) is 11.3 Å². The summed E-state index contributed by atoms with van der Waals surface area (Å²) < 4.78 is 15.8. The summed E-state index contributed by atoms with van der Waals surface area (Å²) >= 11 is 5.89. The number of amides is 1. The molecule has 1 fully saturated rings. The van der Waals surface area contributed by atoms with Gasteiger partial charge in [0, 0.05) is 29.7 Å². The highest BCUT2D eigenvalue weighted by molar-refractivity contribution is 6.30. The smallest absolute Gasteiger partial charge is 0.311 e. The molecule has 1 amide bonds. The Hall–Kier alpha value is -3.06. The highest BCUT2D eigenvalue weighted by Gasteiger charge is 2.31. The molecule has 4 rings (SSSR count). The molecule has 1 aliphatic rings. The Balaban J connectivity index is 1.32. The van der Waals surface area contributed by atoms with Crippen LogP contribution < -0.4 is 0 Å². The maximum absolute atomic E-state index is 12.5. The van der Waals surface area contributed by atoms with E-state index in [2.05, 4.69) is 5.16 Å². The standard InChI is InChI=1S/C21H19ClN2O5/c22-16-7-5-14(6-8-16)18-11-17(29-23-18)13-28-21(26)15-3-1-9-24(12-15)20(25)19-4-2-10-27-19/h2,4-8,10-11,15H,1,3,9,12-13H2. The number of halogens is 1. The van der Waals surface area contributed by atoms with Crippen molar-refractivity contribution in [2.24, 2.45) is 5.92 Å². The second-order valence-corrected chi connectivity index (χ2v) is 7.30. The van der Waals surface area contributed by atoms with E-state index in [4.69, 9.17) is 25.3 Å². The van der Waals surface area contributed by atoms with Crippen LogP contribution in [-0.2, 0) is 16.1 Å². The summed E-state index contributed by atoms with van der Waals surface area (Å²) in [6.07, 6.45) is 2.86. The lowest BCUT2D eigenvalue weighted by molar-refractivity contribution is -0.152. The fourth-order valence-electron chi connectivity index (χ4n) is 3.31. The van der Waals surface area contributed by atoms with E-state index in [-0.39, 0.29) is 30.2 Å². The van der Waals surface area contributed by atoms with Gasteiger partial charge in [0.25, 0.3) is 5.91 Å². The first kappa shape index (κ1) is 19.3. The summed E-state index contributed by atoms with van der Waals surface area (Å²) in [5.41, 5.74) is 1.50. The fourth-order valence-corrected chi connectivity index (χ4v) is 3.43. The van der Waals surface area contributed by atoms with Gasteiger partial charge in [0.15, 0.2) is 18.1 Å². The van der Waals surface area contributed by atoms with Gasteiger partial charge in [0.1, 0.15) is 5.69 Å². The molecule has 7 nitrogen and oxygen atoms in total. The van der Waals surface area contributed by atoms with E-state index in [1.54, 1.807) is 35.2 Å². The summed E-state index contributed by atoms with van der Waals surface area (Å²) in [6.45, 7) is 0.892. The maximum Gasteiger partial charge on any atom is 0.311 e. The lowest BCUT2D eigenvalue weighted by Crippen LogP contribution is -2.42. The molecule has 2 aromatic heterocycles. The van der Waals surface area contributed by atoms with Crippen LogP contribution >= 0.6 is 11.6 Å². The molecule has 1 aliphatic heterocycles. The summed E-state index contributed by atoms with van der Waals surface area (Å²) in [5.74, 6) is -0.221. The lowest BCUT2D eigenvalue weighted by atomic mass is 9.98. The minimum Gasteiger partial charge on any atom is -0.459 e.